The minimum atomic E-state index is -0.299. The van der Waals surface area contributed by atoms with Crippen molar-refractivity contribution >= 4 is 5.97 Å². The molecule has 41 heavy (non-hydrogen) atoms. The predicted molar refractivity (Wildman–Crippen MR) is 151 cm³/mol. The van der Waals surface area contributed by atoms with Gasteiger partial charge in [-0.1, -0.05) is 18.2 Å². The molecular weight excluding hydrogens is 526 g/mol. The maximum atomic E-state index is 13.2. The summed E-state index contributed by atoms with van der Waals surface area (Å²) in [7, 11) is 4.90. The van der Waals surface area contributed by atoms with E-state index in [0.717, 1.165) is 73.0 Å². The van der Waals surface area contributed by atoms with Gasteiger partial charge in [-0.05, 0) is 48.4 Å². The van der Waals surface area contributed by atoms with E-state index in [9.17, 15) is 4.79 Å². The summed E-state index contributed by atoms with van der Waals surface area (Å²) in [6.07, 6.45) is 0.962. The van der Waals surface area contributed by atoms with Gasteiger partial charge >= 0.3 is 5.97 Å². The number of fused-ring (bicyclic) bond motifs is 2. The highest BCUT2D eigenvalue weighted by Crippen LogP contribution is 2.53. The molecule has 3 aromatic carbocycles. The summed E-state index contributed by atoms with van der Waals surface area (Å²) >= 11 is 0. The summed E-state index contributed by atoms with van der Waals surface area (Å²) in [5.74, 6) is 3.18. The lowest BCUT2D eigenvalue weighted by molar-refractivity contribution is -0.135. The molecule has 0 bridgehead atoms. The van der Waals surface area contributed by atoms with Gasteiger partial charge in [-0.3, -0.25) is 9.69 Å². The Morgan fingerprint density at radius 2 is 1.66 bits per heavy atom. The van der Waals surface area contributed by atoms with Crippen LogP contribution in [0.3, 0.4) is 0 Å². The topological polar surface area (TPSA) is 84.9 Å². The molecule has 0 saturated carbocycles. The molecule has 0 aliphatic carbocycles. The predicted octanol–water partition coefficient (Wildman–Crippen LogP) is 4.74. The highest BCUT2D eigenvalue weighted by molar-refractivity contribution is 5.81. The summed E-state index contributed by atoms with van der Waals surface area (Å²) in [6.45, 7) is 4.22. The van der Waals surface area contributed by atoms with Crippen molar-refractivity contribution in [3.05, 3.63) is 70.8 Å². The van der Waals surface area contributed by atoms with Crippen LogP contribution in [0.5, 0.6) is 34.5 Å². The van der Waals surface area contributed by atoms with Crippen LogP contribution in [0, 0.1) is 0 Å². The quantitative estimate of drug-likeness (QED) is 0.272. The van der Waals surface area contributed by atoms with Crippen molar-refractivity contribution in [3.63, 3.8) is 0 Å². The van der Waals surface area contributed by atoms with Gasteiger partial charge < -0.3 is 33.2 Å². The Hall–Kier alpha value is -3.95. The van der Waals surface area contributed by atoms with Gasteiger partial charge in [-0.15, -0.1) is 0 Å². The Bertz CT molecular complexity index is 1400. The molecule has 3 aliphatic heterocycles. The SMILES string of the molecule is COc1ccc([C@H]2CC(=O)Oc3c([C@H](CCN4CCOCC4)c4ccc5c(c4)OCO5)c(OC)cc(OC)c32)cc1. The number of rotatable bonds is 9. The first-order valence-corrected chi connectivity index (χ1v) is 13.9. The molecule has 0 N–H and O–H groups in total. The van der Waals surface area contributed by atoms with Crippen molar-refractivity contribution in [1.29, 1.82) is 0 Å². The van der Waals surface area contributed by atoms with Gasteiger partial charge in [0.1, 0.15) is 23.0 Å². The van der Waals surface area contributed by atoms with Crippen molar-refractivity contribution < 1.29 is 38.0 Å². The first-order chi connectivity index (χ1) is 20.1. The Labute approximate surface area is 239 Å². The molecule has 1 saturated heterocycles. The molecule has 216 valence electrons. The van der Waals surface area contributed by atoms with Gasteiger partial charge in [0.25, 0.3) is 0 Å². The fourth-order valence-electron chi connectivity index (χ4n) is 6.04. The van der Waals surface area contributed by atoms with E-state index in [1.165, 1.54) is 0 Å². The number of hydrogen-bond donors (Lipinski definition) is 0. The van der Waals surface area contributed by atoms with E-state index >= 15 is 0 Å². The van der Waals surface area contributed by atoms with Crippen molar-refractivity contribution in [2.75, 3.05) is 61.0 Å². The Morgan fingerprint density at radius 1 is 0.902 bits per heavy atom. The van der Waals surface area contributed by atoms with Gasteiger partial charge in [-0.2, -0.15) is 0 Å². The number of carbonyl (C=O) groups is 1. The van der Waals surface area contributed by atoms with Crippen molar-refractivity contribution in [1.82, 2.24) is 4.90 Å². The van der Waals surface area contributed by atoms with Crippen molar-refractivity contribution in [2.24, 2.45) is 0 Å². The average Bonchev–Trinajstić information content (AvgIpc) is 3.49. The second-order valence-electron chi connectivity index (χ2n) is 10.3. The summed E-state index contributed by atoms with van der Waals surface area (Å²) in [4.78, 5) is 15.6. The van der Waals surface area contributed by atoms with Crippen LogP contribution in [0.1, 0.15) is 46.9 Å². The van der Waals surface area contributed by atoms with E-state index in [-0.39, 0.29) is 31.0 Å². The molecule has 2 atom stereocenters. The van der Waals surface area contributed by atoms with Crippen LogP contribution in [-0.2, 0) is 9.53 Å². The molecule has 0 unspecified atom stereocenters. The number of ether oxygens (including phenoxy) is 7. The highest BCUT2D eigenvalue weighted by Gasteiger charge is 2.38. The van der Waals surface area contributed by atoms with Crippen LogP contribution < -0.4 is 28.4 Å². The third-order valence-electron chi connectivity index (χ3n) is 8.16. The largest absolute Gasteiger partial charge is 0.497 e. The zero-order valence-corrected chi connectivity index (χ0v) is 23.6. The summed E-state index contributed by atoms with van der Waals surface area (Å²) < 4.78 is 40.2. The smallest absolute Gasteiger partial charge is 0.312 e. The second kappa shape index (κ2) is 11.9. The lowest BCUT2D eigenvalue weighted by Gasteiger charge is -2.33. The molecule has 3 heterocycles. The number of nitrogens with zero attached hydrogens (tertiary/aromatic N) is 1. The van der Waals surface area contributed by atoms with E-state index in [2.05, 4.69) is 11.0 Å². The summed E-state index contributed by atoms with van der Waals surface area (Å²) in [6, 6.07) is 15.7. The van der Waals surface area contributed by atoms with E-state index in [4.69, 9.17) is 33.2 Å². The zero-order valence-electron chi connectivity index (χ0n) is 23.6. The van der Waals surface area contributed by atoms with E-state index in [1.54, 1.807) is 21.3 Å². The number of esters is 1. The van der Waals surface area contributed by atoms with Gasteiger partial charge in [0.15, 0.2) is 11.5 Å². The van der Waals surface area contributed by atoms with Crippen LogP contribution >= 0.6 is 0 Å². The Morgan fingerprint density at radius 3 is 2.39 bits per heavy atom. The fourth-order valence-corrected chi connectivity index (χ4v) is 6.04. The third-order valence-corrected chi connectivity index (χ3v) is 8.16. The van der Waals surface area contributed by atoms with Gasteiger partial charge in [0, 0.05) is 42.1 Å². The monoisotopic (exact) mass is 561 g/mol. The maximum absolute atomic E-state index is 13.2. The van der Waals surface area contributed by atoms with Crippen LogP contribution in [0.2, 0.25) is 0 Å². The van der Waals surface area contributed by atoms with Crippen molar-refractivity contribution in [2.45, 2.75) is 24.7 Å². The summed E-state index contributed by atoms with van der Waals surface area (Å²) in [5, 5.41) is 0. The number of benzene rings is 3. The fraction of sp³-hybridized carbons (Fsp3) is 0.406. The molecule has 9 nitrogen and oxygen atoms in total. The lowest BCUT2D eigenvalue weighted by Crippen LogP contribution is -2.37. The second-order valence-corrected chi connectivity index (χ2v) is 10.3. The zero-order chi connectivity index (χ0) is 28.3. The molecule has 0 amide bonds. The third kappa shape index (κ3) is 5.39. The van der Waals surface area contributed by atoms with Crippen LogP contribution in [-0.4, -0.2) is 71.8 Å². The molecule has 0 spiro atoms. The van der Waals surface area contributed by atoms with Crippen molar-refractivity contribution in [3.8, 4) is 34.5 Å². The Balaban J connectivity index is 1.50. The minimum Gasteiger partial charge on any atom is -0.497 e. The first kappa shape index (κ1) is 27.2. The van der Waals surface area contributed by atoms with Gasteiger partial charge in [-0.25, -0.2) is 0 Å². The average molecular weight is 562 g/mol. The van der Waals surface area contributed by atoms with Gasteiger partial charge in [0.2, 0.25) is 6.79 Å². The molecule has 0 aromatic heterocycles. The minimum absolute atomic E-state index is 0.163. The van der Waals surface area contributed by atoms with E-state index in [1.807, 2.05) is 42.5 Å². The highest BCUT2D eigenvalue weighted by atomic mass is 16.7. The molecular formula is C32H35NO8. The number of carbonyl (C=O) groups excluding carboxylic acids is 1. The van der Waals surface area contributed by atoms with E-state index in [0.29, 0.717) is 23.0 Å². The van der Waals surface area contributed by atoms with Crippen LogP contribution in [0.25, 0.3) is 0 Å². The molecule has 1 fully saturated rings. The number of methoxy groups -OCH3 is 3. The number of hydrogen-bond acceptors (Lipinski definition) is 9. The Kier molecular flexibility index (Phi) is 7.89. The first-order valence-electron chi connectivity index (χ1n) is 13.9. The molecule has 0 radical (unpaired) electrons. The molecule has 6 rings (SSSR count). The summed E-state index contributed by atoms with van der Waals surface area (Å²) in [5.41, 5.74) is 3.66. The van der Waals surface area contributed by atoms with Crippen LogP contribution in [0.4, 0.5) is 0 Å². The molecule has 3 aromatic rings. The molecule has 9 heteroatoms. The lowest BCUT2D eigenvalue weighted by atomic mass is 9.80. The molecule has 3 aliphatic rings. The number of morpholine rings is 1. The maximum Gasteiger partial charge on any atom is 0.312 e. The standard InChI is InChI=1S/C32H35NO8/c1-35-22-7-4-20(5-8-22)24-17-29(34)41-32-30(27(36-2)18-28(37-3)31(24)32)23(10-11-33-12-14-38-15-13-33)21-6-9-25-26(16-21)40-19-39-25/h4-9,16,18,23-24H,10-15,17,19H2,1-3H3/t23-,24-/m1/s1. The normalized spacial score (nSPS) is 18.8. The van der Waals surface area contributed by atoms with Crippen LogP contribution in [0.15, 0.2) is 48.5 Å². The van der Waals surface area contributed by atoms with Gasteiger partial charge in [0.05, 0.1) is 41.0 Å². The van der Waals surface area contributed by atoms with E-state index < -0.39 is 0 Å².